The van der Waals surface area contributed by atoms with E-state index in [0.717, 1.165) is 10.0 Å². The lowest BCUT2D eigenvalue weighted by atomic mass is 10.1. The first kappa shape index (κ1) is 31.2. The lowest BCUT2D eigenvalue weighted by Gasteiger charge is -2.35. The van der Waals surface area contributed by atoms with Gasteiger partial charge in [-0.05, 0) is 54.3 Å². The molecule has 0 radical (unpaired) electrons. The number of benzene rings is 2. The maximum absolute atomic E-state index is 13.0. The Hall–Kier alpha value is -2.34. The Bertz CT molecular complexity index is 1310. The SMILES string of the molecule is CCS(=O)(=O)c1ccc(Cl)cc1CNC(=O)c1cc(Br)c(CN2CCN(C(=O)OC(C)C(C)C)CC2)cc1N. The number of carbonyl (C=O) groups is 2. The van der Waals surface area contributed by atoms with Gasteiger partial charge in [-0.15, -0.1) is 0 Å². The van der Waals surface area contributed by atoms with Crippen LogP contribution in [0.5, 0.6) is 0 Å². The summed E-state index contributed by atoms with van der Waals surface area (Å²) in [7, 11) is -3.49. The van der Waals surface area contributed by atoms with Crippen LogP contribution in [0.2, 0.25) is 5.02 Å². The molecule has 2 aromatic rings. The van der Waals surface area contributed by atoms with Gasteiger partial charge in [-0.3, -0.25) is 9.69 Å². The second-order valence-electron chi connectivity index (χ2n) is 9.97. The number of nitrogens with one attached hydrogen (secondary N) is 1. The predicted molar refractivity (Wildman–Crippen MR) is 157 cm³/mol. The number of halogens is 2. The highest BCUT2D eigenvalue weighted by Crippen LogP contribution is 2.27. The number of nitrogens with zero attached hydrogens (tertiary/aromatic N) is 2. The summed E-state index contributed by atoms with van der Waals surface area (Å²) in [6.07, 6.45) is -0.420. The van der Waals surface area contributed by atoms with E-state index in [1.165, 1.54) is 18.2 Å². The lowest BCUT2D eigenvalue weighted by Crippen LogP contribution is -2.49. The van der Waals surface area contributed by atoms with E-state index in [-0.39, 0.29) is 40.9 Å². The van der Waals surface area contributed by atoms with Crippen molar-refractivity contribution in [2.75, 3.05) is 37.7 Å². The zero-order valence-corrected chi connectivity index (χ0v) is 25.8. The average Bonchev–Trinajstić information content (AvgIpc) is 2.89. The fraction of sp³-hybridized carbons (Fsp3) is 0.481. The van der Waals surface area contributed by atoms with Gasteiger partial charge in [0.05, 0.1) is 16.2 Å². The minimum atomic E-state index is -3.49. The fourth-order valence-corrected chi connectivity index (χ4v) is 5.85. The van der Waals surface area contributed by atoms with E-state index in [0.29, 0.717) is 49.0 Å². The summed E-state index contributed by atoms with van der Waals surface area (Å²) >= 11 is 9.64. The average molecular weight is 644 g/mol. The van der Waals surface area contributed by atoms with Gasteiger partial charge in [-0.1, -0.05) is 48.3 Å². The van der Waals surface area contributed by atoms with E-state index in [1.54, 1.807) is 24.0 Å². The van der Waals surface area contributed by atoms with Gasteiger partial charge in [-0.25, -0.2) is 13.2 Å². The zero-order chi connectivity index (χ0) is 28.9. The number of nitrogens with two attached hydrogens (primary N) is 1. The number of carbonyl (C=O) groups excluding carboxylic acids is 2. The Morgan fingerprint density at radius 3 is 2.38 bits per heavy atom. The highest BCUT2D eigenvalue weighted by molar-refractivity contribution is 9.10. The van der Waals surface area contributed by atoms with Gasteiger partial charge >= 0.3 is 6.09 Å². The third-order valence-electron chi connectivity index (χ3n) is 6.89. The van der Waals surface area contributed by atoms with Crippen molar-refractivity contribution in [2.24, 2.45) is 5.92 Å². The molecule has 1 aliphatic heterocycles. The fourth-order valence-electron chi connectivity index (χ4n) is 4.07. The van der Waals surface area contributed by atoms with Crippen LogP contribution in [0.4, 0.5) is 10.5 Å². The van der Waals surface area contributed by atoms with Gasteiger partial charge in [0.25, 0.3) is 5.91 Å². The quantitative estimate of drug-likeness (QED) is 0.380. The molecule has 0 spiro atoms. The number of nitrogen functional groups attached to an aromatic ring is 1. The Labute approximate surface area is 244 Å². The number of hydrogen-bond acceptors (Lipinski definition) is 7. The van der Waals surface area contributed by atoms with Crippen molar-refractivity contribution < 1.29 is 22.7 Å². The summed E-state index contributed by atoms with van der Waals surface area (Å²) in [6.45, 7) is 10.6. The van der Waals surface area contributed by atoms with Crippen LogP contribution < -0.4 is 11.1 Å². The van der Waals surface area contributed by atoms with Crippen molar-refractivity contribution in [1.82, 2.24) is 15.1 Å². The number of hydrogen-bond donors (Lipinski definition) is 2. The number of amides is 2. The normalized spacial score (nSPS) is 15.3. The first-order valence-electron chi connectivity index (χ1n) is 12.9. The van der Waals surface area contributed by atoms with Gasteiger partial charge < -0.3 is 20.7 Å². The molecule has 0 saturated carbocycles. The third-order valence-corrected chi connectivity index (χ3v) is 9.69. The molecule has 39 heavy (non-hydrogen) atoms. The van der Waals surface area contributed by atoms with Crippen LogP contribution in [0.3, 0.4) is 0 Å². The molecule has 1 saturated heterocycles. The van der Waals surface area contributed by atoms with E-state index in [2.05, 4.69) is 26.1 Å². The summed E-state index contributed by atoms with van der Waals surface area (Å²) in [5.41, 5.74) is 8.17. The smallest absolute Gasteiger partial charge is 0.410 e. The topological polar surface area (TPSA) is 122 Å². The number of ether oxygens (including phenoxy) is 1. The molecule has 0 aromatic heterocycles. The van der Waals surface area contributed by atoms with Crippen molar-refractivity contribution >= 4 is 55.1 Å². The van der Waals surface area contributed by atoms with Crippen LogP contribution in [0, 0.1) is 5.92 Å². The Morgan fingerprint density at radius 2 is 1.77 bits per heavy atom. The standard InChI is InChI=1S/C27H36BrClN4O5S/c1-5-39(36,37)25-7-6-21(29)12-19(25)15-31-26(34)22-14-23(28)20(13-24(22)30)16-32-8-10-33(11-9-32)27(35)38-18(4)17(2)3/h6-7,12-14,17-18H,5,8-11,15-16,30H2,1-4H3,(H,31,34). The molecule has 214 valence electrons. The summed E-state index contributed by atoms with van der Waals surface area (Å²) < 4.78 is 31.2. The molecule has 3 rings (SSSR count). The van der Waals surface area contributed by atoms with Crippen molar-refractivity contribution in [3.63, 3.8) is 0 Å². The van der Waals surface area contributed by atoms with Gasteiger partial charge in [0.1, 0.15) is 6.10 Å². The van der Waals surface area contributed by atoms with Crippen LogP contribution in [-0.2, 0) is 27.7 Å². The number of rotatable bonds is 9. The molecular weight excluding hydrogens is 608 g/mol. The molecule has 0 bridgehead atoms. The molecule has 1 heterocycles. The summed E-state index contributed by atoms with van der Waals surface area (Å²) in [6, 6.07) is 7.94. The molecule has 1 aliphatic rings. The summed E-state index contributed by atoms with van der Waals surface area (Å²) in [5.74, 6) is -0.232. The molecule has 1 fully saturated rings. The van der Waals surface area contributed by atoms with Gasteiger partial charge in [0, 0.05) is 54.5 Å². The van der Waals surface area contributed by atoms with Crippen LogP contribution in [0.1, 0.15) is 49.2 Å². The molecule has 2 amide bonds. The highest BCUT2D eigenvalue weighted by Gasteiger charge is 2.25. The number of anilines is 1. The third kappa shape index (κ3) is 8.09. The highest BCUT2D eigenvalue weighted by atomic mass is 79.9. The minimum absolute atomic E-state index is 0.0184. The lowest BCUT2D eigenvalue weighted by molar-refractivity contribution is 0.0359. The van der Waals surface area contributed by atoms with Gasteiger partial charge in [0.2, 0.25) is 0 Å². The van der Waals surface area contributed by atoms with E-state index in [1.807, 2.05) is 20.8 Å². The monoisotopic (exact) mass is 642 g/mol. The zero-order valence-electron chi connectivity index (χ0n) is 22.7. The molecule has 12 heteroatoms. The molecule has 9 nitrogen and oxygen atoms in total. The molecule has 3 N–H and O–H groups in total. The first-order chi connectivity index (χ1) is 18.3. The van der Waals surface area contributed by atoms with Gasteiger partial charge in [0.15, 0.2) is 9.84 Å². The van der Waals surface area contributed by atoms with E-state index in [9.17, 15) is 18.0 Å². The maximum Gasteiger partial charge on any atom is 0.410 e. The number of piperazine rings is 1. The molecule has 2 aromatic carbocycles. The molecular formula is C27H36BrClN4O5S. The Morgan fingerprint density at radius 1 is 1.10 bits per heavy atom. The second kappa shape index (κ2) is 13.3. The van der Waals surface area contributed by atoms with Crippen LogP contribution in [0.25, 0.3) is 0 Å². The van der Waals surface area contributed by atoms with Crippen LogP contribution in [0.15, 0.2) is 39.7 Å². The van der Waals surface area contributed by atoms with E-state index in [4.69, 9.17) is 22.1 Å². The Balaban J connectivity index is 1.62. The molecule has 1 unspecified atom stereocenters. The maximum atomic E-state index is 13.0. The Kier molecular flexibility index (Phi) is 10.7. The van der Waals surface area contributed by atoms with Gasteiger partial charge in [-0.2, -0.15) is 0 Å². The summed E-state index contributed by atoms with van der Waals surface area (Å²) in [4.78, 5) is 29.5. The largest absolute Gasteiger partial charge is 0.446 e. The van der Waals surface area contributed by atoms with Crippen LogP contribution in [-0.4, -0.2) is 68.3 Å². The second-order valence-corrected chi connectivity index (χ2v) is 13.5. The summed E-state index contributed by atoms with van der Waals surface area (Å²) in [5, 5.41) is 3.14. The number of sulfone groups is 1. The predicted octanol–water partition coefficient (Wildman–Crippen LogP) is 4.71. The van der Waals surface area contributed by atoms with Crippen molar-refractivity contribution in [1.29, 1.82) is 0 Å². The molecule has 1 atom stereocenters. The van der Waals surface area contributed by atoms with Crippen LogP contribution >= 0.6 is 27.5 Å². The van der Waals surface area contributed by atoms with Crippen molar-refractivity contribution in [2.45, 2.75) is 51.8 Å². The van der Waals surface area contributed by atoms with E-state index >= 15 is 0 Å². The van der Waals surface area contributed by atoms with Crippen molar-refractivity contribution in [3.8, 4) is 0 Å². The first-order valence-corrected chi connectivity index (χ1v) is 15.7. The van der Waals surface area contributed by atoms with Crippen molar-refractivity contribution in [3.05, 3.63) is 56.5 Å². The van der Waals surface area contributed by atoms with E-state index < -0.39 is 15.7 Å². The molecule has 0 aliphatic carbocycles. The minimum Gasteiger partial charge on any atom is -0.446 e.